The second kappa shape index (κ2) is 5.26. The minimum atomic E-state index is 0.835. The molecule has 0 aliphatic carbocycles. The van der Waals surface area contributed by atoms with Crippen LogP contribution in [0.3, 0.4) is 0 Å². The van der Waals surface area contributed by atoms with Crippen molar-refractivity contribution in [2.24, 2.45) is 0 Å². The molecule has 0 N–H and O–H groups in total. The van der Waals surface area contributed by atoms with Gasteiger partial charge in [-0.05, 0) is 36.4 Å². The van der Waals surface area contributed by atoms with E-state index in [1.807, 2.05) is 60.9 Å². The Morgan fingerprint density at radius 2 is 1.41 bits per heavy atom. The summed E-state index contributed by atoms with van der Waals surface area (Å²) in [6, 6.07) is 24.6. The molecule has 0 aliphatic heterocycles. The average molecular weight is 374 g/mol. The average Bonchev–Trinajstić information content (AvgIpc) is 3.41. The van der Waals surface area contributed by atoms with Crippen LogP contribution < -0.4 is 0 Å². The van der Waals surface area contributed by atoms with Crippen LogP contribution >= 0.6 is 0 Å². The van der Waals surface area contributed by atoms with Gasteiger partial charge in [-0.1, -0.05) is 36.4 Å². The van der Waals surface area contributed by atoms with Crippen molar-refractivity contribution in [2.45, 2.75) is 0 Å². The van der Waals surface area contributed by atoms with Crippen LogP contribution in [0.4, 0.5) is 0 Å². The Hall–Kier alpha value is -4.05. The third kappa shape index (κ3) is 1.90. The van der Waals surface area contributed by atoms with Crippen molar-refractivity contribution in [2.75, 3.05) is 0 Å². The molecule has 4 aromatic heterocycles. The van der Waals surface area contributed by atoms with Crippen LogP contribution in [0.5, 0.6) is 0 Å². The zero-order valence-electron chi connectivity index (χ0n) is 15.3. The molecule has 0 spiro atoms. The molecule has 4 heteroatoms. The van der Waals surface area contributed by atoms with E-state index in [-0.39, 0.29) is 0 Å². The quantitative estimate of drug-likeness (QED) is 0.316. The van der Waals surface area contributed by atoms with Crippen LogP contribution in [0.15, 0.2) is 94.0 Å². The van der Waals surface area contributed by atoms with Gasteiger partial charge in [0.2, 0.25) is 5.71 Å². The number of benzene rings is 3. The Morgan fingerprint density at radius 1 is 0.655 bits per heavy atom. The summed E-state index contributed by atoms with van der Waals surface area (Å²) in [5, 5.41) is 5.50. The molecule has 4 heterocycles. The molecule has 7 aromatic rings. The molecule has 0 bridgehead atoms. The topological polar surface area (TPSA) is 44.1 Å². The van der Waals surface area contributed by atoms with Crippen molar-refractivity contribution in [1.29, 1.82) is 0 Å². The van der Waals surface area contributed by atoms with Crippen LogP contribution in [-0.2, 0) is 0 Å². The van der Waals surface area contributed by atoms with Crippen LogP contribution in [-0.4, -0.2) is 9.55 Å². The van der Waals surface area contributed by atoms with Crippen molar-refractivity contribution in [3.63, 3.8) is 0 Å². The normalized spacial score (nSPS) is 12.1. The van der Waals surface area contributed by atoms with Crippen LogP contribution in [0.25, 0.3) is 60.6 Å². The fraction of sp³-hybridized carbons (Fsp3) is 0. The molecule has 0 unspecified atom stereocenters. The lowest BCUT2D eigenvalue weighted by Gasteiger charge is -2.06. The SMILES string of the molecule is c1ccc2c(c1)oc1ccc(-n3c4ccncc4c4c5ccccc5oc43)cc12. The molecule has 0 aliphatic rings. The number of nitrogens with zero attached hydrogens (tertiary/aromatic N) is 2. The lowest BCUT2D eigenvalue weighted by atomic mass is 10.1. The maximum Gasteiger partial charge on any atom is 0.213 e. The van der Waals surface area contributed by atoms with Crippen molar-refractivity contribution in [3.8, 4) is 5.69 Å². The maximum atomic E-state index is 6.32. The minimum Gasteiger partial charge on any atom is -0.456 e. The molecule has 7 rings (SSSR count). The number of hydrogen-bond donors (Lipinski definition) is 0. The zero-order chi connectivity index (χ0) is 18.9. The minimum absolute atomic E-state index is 0.835. The molecule has 0 atom stereocenters. The van der Waals surface area contributed by atoms with E-state index in [4.69, 9.17) is 8.83 Å². The molecular weight excluding hydrogens is 360 g/mol. The van der Waals surface area contributed by atoms with Gasteiger partial charge in [0, 0.05) is 39.6 Å². The van der Waals surface area contributed by atoms with E-state index in [0.717, 1.165) is 60.6 Å². The van der Waals surface area contributed by atoms with E-state index >= 15 is 0 Å². The third-order valence-electron chi connectivity index (χ3n) is 5.71. The molecule has 4 nitrogen and oxygen atoms in total. The summed E-state index contributed by atoms with van der Waals surface area (Å²) in [4.78, 5) is 4.37. The van der Waals surface area contributed by atoms with Gasteiger partial charge < -0.3 is 8.83 Å². The highest BCUT2D eigenvalue weighted by Gasteiger charge is 2.19. The molecule has 0 saturated carbocycles. The molecule has 136 valence electrons. The Kier molecular flexibility index (Phi) is 2.71. The Bertz CT molecular complexity index is 1720. The van der Waals surface area contributed by atoms with Gasteiger partial charge in [-0.15, -0.1) is 0 Å². The second-order valence-electron chi connectivity index (χ2n) is 7.29. The highest BCUT2D eigenvalue weighted by molar-refractivity contribution is 6.19. The summed E-state index contributed by atoms with van der Waals surface area (Å²) in [5.41, 5.74) is 5.61. The fourth-order valence-corrected chi connectivity index (χ4v) is 4.44. The first-order valence-corrected chi connectivity index (χ1v) is 9.56. The van der Waals surface area contributed by atoms with E-state index in [0.29, 0.717) is 0 Å². The molecule has 0 saturated heterocycles. The smallest absolute Gasteiger partial charge is 0.213 e. The molecule has 0 radical (unpaired) electrons. The van der Waals surface area contributed by atoms with Gasteiger partial charge in [-0.25, -0.2) is 0 Å². The predicted octanol–water partition coefficient (Wildman–Crippen LogP) is 6.82. The monoisotopic (exact) mass is 374 g/mol. The van der Waals surface area contributed by atoms with Crippen molar-refractivity contribution in [3.05, 3.63) is 85.2 Å². The molecule has 0 amide bonds. The summed E-state index contributed by atoms with van der Waals surface area (Å²) < 4.78 is 14.5. The molecule has 29 heavy (non-hydrogen) atoms. The first-order valence-electron chi connectivity index (χ1n) is 9.56. The van der Waals surface area contributed by atoms with E-state index in [1.165, 1.54) is 0 Å². The summed E-state index contributed by atoms with van der Waals surface area (Å²) in [5.74, 6) is 0. The van der Waals surface area contributed by atoms with E-state index < -0.39 is 0 Å². The van der Waals surface area contributed by atoms with Crippen molar-refractivity contribution < 1.29 is 8.83 Å². The molecular formula is C25H14N2O2. The molecule has 3 aromatic carbocycles. The highest BCUT2D eigenvalue weighted by Crippen LogP contribution is 2.39. The van der Waals surface area contributed by atoms with Gasteiger partial charge >= 0.3 is 0 Å². The first kappa shape index (κ1) is 14.9. The zero-order valence-corrected chi connectivity index (χ0v) is 15.3. The lowest BCUT2D eigenvalue weighted by molar-refractivity contribution is 0.645. The maximum absolute atomic E-state index is 6.32. The number of aromatic nitrogens is 2. The number of para-hydroxylation sites is 2. The Balaban J connectivity index is 1.65. The Labute approximate surface area is 164 Å². The lowest BCUT2D eigenvalue weighted by Crippen LogP contribution is -1.92. The van der Waals surface area contributed by atoms with E-state index in [1.54, 1.807) is 0 Å². The van der Waals surface area contributed by atoms with Crippen molar-refractivity contribution >= 4 is 54.9 Å². The van der Waals surface area contributed by atoms with Gasteiger partial charge in [-0.3, -0.25) is 9.55 Å². The van der Waals surface area contributed by atoms with Crippen LogP contribution in [0.1, 0.15) is 0 Å². The van der Waals surface area contributed by atoms with Gasteiger partial charge in [0.1, 0.15) is 16.7 Å². The van der Waals surface area contributed by atoms with Gasteiger partial charge in [-0.2, -0.15) is 0 Å². The number of fused-ring (bicyclic) bond motifs is 8. The third-order valence-corrected chi connectivity index (χ3v) is 5.71. The summed E-state index contributed by atoms with van der Waals surface area (Å²) in [7, 11) is 0. The highest BCUT2D eigenvalue weighted by atomic mass is 16.3. The second-order valence-corrected chi connectivity index (χ2v) is 7.29. The first-order chi connectivity index (χ1) is 14.4. The standard InChI is InChI=1S/C25H14N2O2/c1-3-7-21-16(5-1)18-13-15(9-10-23(18)28-21)27-20-11-12-26-14-19(20)24-17-6-2-4-8-22(17)29-25(24)27/h1-14H. The number of furan rings is 2. The van der Waals surface area contributed by atoms with Gasteiger partial charge in [0.05, 0.1) is 10.9 Å². The largest absolute Gasteiger partial charge is 0.456 e. The summed E-state index contributed by atoms with van der Waals surface area (Å²) in [6.07, 6.45) is 3.74. The number of rotatable bonds is 1. The fourth-order valence-electron chi connectivity index (χ4n) is 4.44. The summed E-state index contributed by atoms with van der Waals surface area (Å²) in [6.45, 7) is 0. The van der Waals surface area contributed by atoms with Crippen molar-refractivity contribution in [1.82, 2.24) is 9.55 Å². The van der Waals surface area contributed by atoms with Crippen LogP contribution in [0, 0.1) is 0 Å². The van der Waals surface area contributed by atoms with E-state index in [9.17, 15) is 0 Å². The molecule has 0 fully saturated rings. The van der Waals surface area contributed by atoms with Gasteiger partial charge in [0.25, 0.3) is 0 Å². The van der Waals surface area contributed by atoms with Crippen LogP contribution in [0.2, 0.25) is 0 Å². The Morgan fingerprint density at radius 3 is 2.31 bits per heavy atom. The predicted molar refractivity (Wildman–Crippen MR) is 116 cm³/mol. The van der Waals surface area contributed by atoms with E-state index in [2.05, 4.69) is 33.8 Å². The number of hydrogen-bond acceptors (Lipinski definition) is 3. The number of pyridine rings is 1. The summed E-state index contributed by atoms with van der Waals surface area (Å²) >= 11 is 0. The van der Waals surface area contributed by atoms with Gasteiger partial charge in [0.15, 0.2) is 0 Å².